The van der Waals surface area contributed by atoms with Crippen LogP contribution < -0.4 is 4.90 Å². The Morgan fingerprint density at radius 2 is 2.00 bits per heavy atom. The summed E-state index contributed by atoms with van der Waals surface area (Å²) in [6.07, 6.45) is 6.24. The summed E-state index contributed by atoms with van der Waals surface area (Å²) in [5.41, 5.74) is 0.848. The van der Waals surface area contributed by atoms with Gasteiger partial charge < -0.3 is 4.90 Å². The molecule has 1 saturated heterocycles. The molecule has 0 radical (unpaired) electrons. The Hall–Kier alpha value is -1.20. The highest BCUT2D eigenvalue weighted by Gasteiger charge is 2.38. The van der Waals surface area contributed by atoms with Gasteiger partial charge in [0.05, 0.1) is 6.07 Å². The fourth-order valence-corrected chi connectivity index (χ4v) is 3.15. The second-order valence-electron chi connectivity index (χ2n) is 5.23. The van der Waals surface area contributed by atoms with Crippen molar-refractivity contribution in [2.75, 3.05) is 17.3 Å². The van der Waals surface area contributed by atoms with Gasteiger partial charge >= 0.3 is 0 Å². The van der Waals surface area contributed by atoms with E-state index in [1.807, 2.05) is 18.2 Å². The zero-order valence-corrected chi connectivity index (χ0v) is 12.1. The molecular formula is C16H21ClN2. The van der Waals surface area contributed by atoms with Crippen molar-refractivity contribution in [1.29, 1.82) is 5.26 Å². The summed E-state index contributed by atoms with van der Waals surface area (Å²) in [6.45, 7) is 0.985. The van der Waals surface area contributed by atoms with Crippen LogP contribution in [0.1, 0.15) is 38.5 Å². The smallest absolute Gasteiger partial charge is 0.127 e. The van der Waals surface area contributed by atoms with Crippen molar-refractivity contribution in [3.63, 3.8) is 0 Å². The molecule has 1 aromatic carbocycles. The highest BCUT2D eigenvalue weighted by atomic mass is 35.5. The predicted molar refractivity (Wildman–Crippen MR) is 80.6 cm³/mol. The zero-order valence-electron chi connectivity index (χ0n) is 11.3. The molecule has 0 amide bonds. The Balaban J connectivity index is 2.20. The van der Waals surface area contributed by atoms with Gasteiger partial charge in [0, 0.05) is 18.1 Å². The van der Waals surface area contributed by atoms with Gasteiger partial charge in [-0.3, -0.25) is 0 Å². The molecule has 1 unspecified atom stereocenters. The van der Waals surface area contributed by atoms with E-state index >= 15 is 0 Å². The normalized spacial score (nSPS) is 23.1. The van der Waals surface area contributed by atoms with E-state index in [9.17, 15) is 5.26 Å². The molecule has 102 valence electrons. The maximum Gasteiger partial charge on any atom is 0.127 e. The summed E-state index contributed by atoms with van der Waals surface area (Å²) >= 11 is 5.76. The largest absolute Gasteiger partial charge is 0.353 e. The van der Waals surface area contributed by atoms with Gasteiger partial charge in [-0.25, -0.2) is 0 Å². The number of unbranched alkanes of at least 4 members (excludes halogenated alkanes) is 1. The standard InChI is InChI=1S/C16H21ClN2/c17-12-6-4-10-16(14-18)11-5-7-13-19(16)15-8-2-1-3-9-15/h1-3,8-9H,4-7,10-13H2. The molecule has 0 bridgehead atoms. The Bertz CT molecular complexity index is 426. The first-order valence-corrected chi connectivity index (χ1v) is 7.66. The summed E-state index contributed by atoms with van der Waals surface area (Å²) in [6, 6.07) is 12.9. The number of alkyl halides is 1. The lowest BCUT2D eigenvalue weighted by Crippen LogP contribution is -2.51. The van der Waals surface area contributed by atoms with Crippen LogP contribution in [0.4, 0.5) is 5.69 Å². The Kier molecular flexibility index (Phi) is 5.10. The van der Waals surface area contributed by atoms with Crippen molar-refractivity contribution in [3.05, 3.63) is 30.3 Å². The fourth-order valence-electron chi connectivity index (χ4n) is 2.96. The summed E-state index contributed by atoms with van der Waals surface area (Å²) < 4.78 is 0. The van der Waals surface area contributed by atoms with E-state index in [2.05, 4.69) is 23.1 Å². The molecular weight excluding hydrogens is 256 g/mol. The van der Waals surface area contributed by atoms with E-state index in [0.29, 0.717) is 5.88 Å². The van der Waals surface area contributed by atoms with Gasteiger partial charge in [0.25, 0.3) is 0 Å². The Morgan fingerprint density at radius 1 is 1.21 bits per heavy atom. The third-order valence-electron chi connectivity index (χ3n) is 3.99. The van der Waals surface area contributed by atoms with E-state index in [4.69, 9.17) is 11.6 Å². The van der Waals surface area contributed by atoms with Crippen LogP contribution in [-0.4, -0.2) is 18.0 Å². The zero-order chi connectivity index (χ0) is 13.6. The van der Waals surface area contributed by atoms with Crippen molar-refractivity contribution in [3.8, 4) is 6.07 Å². The second kappa shape index (κ2) is 6.82. The Labute approximate surface area is 121 Å². The predicted octanol–water partition coefficient (Wildman–Crippen LogP) is 4.35. The van der Waals surface area contributed by atoms with Crippen LogP contribution >= 0.6 is 11.6 Å². The molecule has 1 aliphatic rings. The molecule has 2 rings (SSSR count). The number of benzene rings is 1. The molecule has 0 spiro atoms. The number of piperidine rings is 1. The van der Waals surface area contributed by atoms with Gasteiger partial charge in [0.2, 0.25) is 0 Å². The Morgan fingerprint density at radius 3 is 2.68 bits per heavy atom. The molecule has 1 aliphatic heterocycles. The number of halogens is 1. The quantitative estimate of drug-likeness (QED) is 0.591. The van der Waals surface area contributed by atoms with E-state index in [1.54, 1.807) is 0 Å². The highest BCUT2D eigenvalue weighted by Crippen LogP contribution is 2.36. The third-order valence-corrected chi connectivity index (χ3v) is 4.26. The number of para-hydroxylation sites is 1. The summed E-state index contributed by atoms with van der Waals surface area (Å²) in [5, 5.41) is 9.75. The van der Waals surface area contributed by atoms with Crippen molar-refractivity contribution in [2.24, 2.45) is 0 Å². The molecule has 0 aromatic heterocycles. The summed E-state index contributed by atoms with van der Waals surface area (Å²) in [4.78, 5) is 2.31. The lowest BCUT2D eigenvalue weighted by atomic mass is 9.83. The van der Waals surface area contributed by atoms with Crippen molar-refractivity contribution in [1.82, 2.24) is 0 Å². The summed E-state index contributed by atoms with van der Waals surface area (Å²) in [5.74, 6) is 0.687. The summed E-state index contributed by atoms with van der Waals surface area (Å²) in [7, 11) is 0. The lowest BCUT2D eigenvalue weighted by Gasteiger charge is -2.44. The fraction of sp³-hybridized carbons (Fsp3) is 0.562. The molecule has 3 heteroatoms. The average Bonchev–Trinajstić information content (AvgIpc) is 2.49. The molecule has 0 N–H and O–H groups in total. The van der Waals surface area contributed by atoms with Crippen LogP contribution in [-0.2, 0) is 0 Å². The number of anilines is 1. The number of rotatable bonds is 5. The number of hydrogen-bond donors (Lipinski definition) is 0. The van der Waals surface area contributed by atoms with Gasteiger partial charge in [0.1, 0.15) is 5.54 Å². The van der Waals surface area contributed by atoms with Crippen LogP contribution in [0.5, 0.6) is 0 Å². The minimum absolute atomic E-state index is 0.328. The molecule has 0 aliphatic carbocycles. The second-order valence-corrected chi connectivity index (χ2v) is 5.61. The van der Waals surface area contributed by atoms with Crippen molar-refractivity contribution >= 4 is 17.3 Å². The van der Waals surface area contributed by atoms with Gasteiger partial charge in [0.15, 0.2) is 0 Å². The number of nitrogens with zero attached hydrogens (tertiary/aromatic N) is 2. The first kappa shape index (κ1) is 14.2. The third kappa shape index (κ3) is 3.22. The maximum absolute atomic E-state index is 9.75. The number of hydrogen-bond acceptors (Lipinski definition) is 2. The molecule has 1 aromatic rings. The van der Waals surface area contributed by atoms with Gasteiger partial charge in [-0.05, 0) is 50.7 Å². The monoisotopic (exact) mass is 276 g/mol. The van der Waals surface area contributed by atoms with Crippen molar-refractivity contribution in [2.45, 2.75) is 44.1 Å². The van der Waals surface area contributed by atoms with Crippen LogP contribution in [0.2, 0.25) is 0 Å². The lowest BCUT2D eigenvalue weighted by molar-refractivity contribution is 0.351. The SMILES string of the molecule is N#CC1(CCCCCl)CCCCN1c1ccccc1. The first-order chi connectivity index (χ1) is 9.32. The van der Waals surface area contributed by atoms with E-state index in [-0.39, 0.29) is 5.54 Å². The molecule has 2 nitrogen and oxygen atoms in total. The molecule has 19 heavy (non-hydrogen) atoms. The first-order valence-electron chi connectivity index (χ1n) is 7.12. The maximum atomic E-state index is 9.75. The van der Waals surface area contributed by atoms with Crippen LogP contribution in [0.3, 0.4) is 0 Å². The molecule has 1 atom stereocenters. The van der Waals surface area contributed by atoms with Crippen LogP contribution in [0.15, 0.2) is 30.3 Å². The van der Waals surface area contributed by atoms with E-state index < -0.39 is 0 Å². The minimum Gasteiger partial charge on any atom is -0.353 e. The van der Waals surface area contributed by atoms with Gasteiger partial charge in [-0.2, -0.15) is 5.26 Å². The number of nitriles is 1. The molecule has 1 heterocycles. The topological polar surface area (TPSA) is 27.0 Å². The highest BCUT2D eigenvalue weighted by molar-refractivity contribution is 6.17. The van der Waals surface area contributed by atoms with E-state index in [1.165, 1.54) is 12.1 Å². The van der Waals surface area contributed by atoms with Crippen molar-refractivity contribution < 1.29 is 0 Å². The van der Waals surface area contributed by atoms with Crippen LogP contribution in [0, 0.1) is 11.3 Å². The molecule has 0 saturated carbocycles. The minimum atomic E-state index is -0.328. The van der Waals surface area contributed by atoms with E-state index in [0.717, 1.165) is 38.6 Å². The van der Waals surface area contributed by atoms with Gasteiger partial charge in [-0.1, -0.05) is 18.2 Å². The average molecular weight is 277 g/mol. The molecule has 1 fully saturated rings. The van der Waals surface area contributed by atoms with Crippen LogP contribution in [0.25, 0.3) is 0 Å². The van der Waals surface area contributed by atoms with Gasteiger partial charge in [-0.15, -0.1) is 11.6 Å².